The maximum Gasteiger partial charge on any atom is 0.131 e. The summed E-state index contributed by atoms with van der Waals surface area (Å²) in [4.78, 5) is 9.87. The van der Waals surface area contributed by atoms with Gasteiger partial charge >= 0.3 is 0 Å². The van der Waals surface area contributed by atoms with Gasteiger partial charge in [0, 0.05) is 29.4 Å². The fourth-order valence-electron chi connectivity index (χ4n) is 4.93. The van der Waals surface area contributed by atoms with E-state index < -0.39 is 0 Å². The average molecular weight is 285 g/mol. The Bertz CT molecular complexity index is 513. The van der Waals surface area contributed by atoms with Gasteiger partial charge in [-0.25, -0.2) is 9.97 Å². The molecule has 1 aromatic heterocycles. The van der Waals surface area contributed by atoms with Crippen LogP contribution in [-0.2, 0) is 6.42 Å². The Hall–Kier alpha value is -0.960. The number of rotatable bonds is 3. The average Bonchev–Trinajstić information content (AvgIpc) is 3.08. The Labute approximate surface area is 128 Å². The number of aromatic nitrogens is 2. The number of fused-ring (bicyclic) bond motifs is 3. The van der Waals surface area contributed by atoms with Crippen LogP contribution in [0.3, 0.4) is 0 Å². The maximum atomic E-state index is 5.06. The first-order valence-electron chi connectivity index (χ1n) is 8.94. The first kappa shape index (κ1) is 13.7. The van der Waals surface area contributed by atoms with Crippen molar-refractivity contribution in [3.05, 3.63) is 23.3 Å². The molecule has 0 aromatic carbocycles. The molecule has 1 heterocycles. The van der Waals surface area contributed by atoms with Gasteiger partial charge in [-0.3, -0.25) is 0 Å². The van der Waals surface area contributed by atoms with Gasteiger partial charge in [-0.2, -0.15) is 0 Å². The second-order valence-electron chi connectivity index (χ2n) is 7.27. The zero-order chi connectivity index (χ0) is 14.2. The lowest BCUT2D eigenvalue weighted by Crippen LogP contribution is -2.22. The van der Waals surface area contributed by atoms with Crippen molar-refractivity contribution in [3.63, 3.8) is 0 Å². The fourth-order valence-corrected chi connectivity index (χ4v) is 4.93. The third kappa shape index (κ3) is 2.50. The monoisotopic (exact) mass is 285 g/mol. The highest BCUT2D eigenvalue weighted by Gasteiger charge is 2.41. The number of aryl methyl sites for hydroxylation is 1. The molecule has 1 aromatic rings. The minimum absolute atomic E-state index is 0.474. The van der Waals surface area contributed by atoms with Crippen LogP contribution >= 0.6 is 0 Å². The van der Waals surface area contributed by atoms with Crippen LogP contribution in [0.5, 0.6) is 0 Å². The van der Waals surface area contributed by atoms with Gasteiger partial charge in [0.15, 0.2) is 0 Å². The van der Waals surface area contributed by atoms with Crippen molar-refractivity contribution < 1.29 is 0 Å². The zero-order valence-electron chi connectivity index (χ0n) is 13.1. The molecule has 3 nitrogen and oxygen atoms in total. The lowest BCUT2D eigenvalue weighted by Gasteiger charge is -2.22. The molecule has 4 unspecified atom stereocenters. The summed E-state index contributed by atoms with van der Waals surface area (Å²) in [5.74, 6) is 3.67. The minimum atomic E-state index is 0.474. The second-order valence-corrected chi connectivity index (χ2v) is 7.27. The predicted octanol–water partition coefficient (Wildman–Crippen LogP) is 3.76. The standard InChI is InChI=1S/C18H27N3/c1-2-19-16-5-3-4-6-17-15(16)11-20-18(21-17)14-10-12-7-8-13(14)9-12/h11-14,16,19H,2-10H2,1H3. The van der Waals surface area contributed by atoms with Crippen LogP contribution in [-0.4, -0.2) is 16.5 Å². The molecule has 0 aliphatic heterocycles. The molecule has 114 valence electrons. The number of hydrogen-bond acceptors (Lipinski definition) is 3. The van der Waals surface area contributed by atoms with E-state index in [1.807, 2.05) is 0 Å². The predicted molar refractivity (Wildman–Crippen MR) is 84.2 cm³/mol. The van der Waals surface area contributed by atoms with Crippen molar-refractivity contribution in [1.82, 2.24) is 15.3 Å². The van der Waals surface area contributed by atoms with Gasteiger partial charge in [0.05, 0.1) is 0 Å². The molecule has 1 N–H and O–H groups in total. The van der Waals surface area contributed by atoms with Crippen molar-refractivity contribution in [3.8, 4) is 0 Å². The molecule has 4 rings (SSSR count). The van der Waals surface area contributed by atoms with Gasteiger partial charge in [0.25, 0.3) is 0 Å². The van der Waals surface area contributed by atoms with Crippen LogP contribution < -0.4 is 5.32 Å². The van der Waals surface area contributed by atoms with Crippen LogP contribution in [0, 0.1) is 11.8 Å². The lowest BCUT2D eigenvalue weighted by molar-refractivity contribution is 0.403. The molecule has 3 heteroatoms. The Balaban J connectivity index is 1.62. The van der Waals surface area contributed by atoms with Crippen LogP contribution in [0.2, 0.25) is 0 Å². The molecule has 2 saturated carbocycles. The molecule has 21 heavy (non-hydrogen) atoms. The topological polar surface area (TPSA) is 37.8 Å². The van der Waals surface area contributed by atoms with Crippen molar-refractivity contribution in [1.29, 1.82) is 0 Å². The summed E-state index contributed by atoms with van der Waals surface area (Å²) in [6.45, 7) is 3.22. The van der Waals surface area contributed by atoms with E-state index in [0.29, 0.717) is 12.0 Å². The van der Waals surface area contributed by atoms with Crippen molar-refractivity contribution >= 4 is 0 Å². The van der Waals surface area contributed by atoms with E-state index in [1.165, 1.54) is 56.2 Å². The van der Waals surface area contributed by atoms with E-state index in [2.05, 4.69) is 18.4 Å². The van der Waals surface area contributed by atoms with Gasteiger partial charge < -0.3 is 5.32 Å². The molecule has 0 saturated heterocycles. The highest BCUT2D eigenvalue weighted by Crippen LogP contribution is 2.52. The second kappa shape index (κ2) is 5.68. The first-order valence-corrected chi connectivity index (χ1v) is 8.94. The van der Waals surface area contributed by atoms with Gasteiger partial charge in [0.2, 0.25) is 0 Å². The van der Waals surface area contributed by atoms with Gasteiger partial charge in [-0.05, 0) is 56.9 Å². The van der Waals surface area contributed by atoms with Crippen molar-refractivity contribution in [2.24, 2.45) is 11.8 Å². The maximum absolute atomic E-state index is 5.06. The van der Waals surface area contributed by atoms with Crippen LogP contribution in [0.15, 0.2) is 6.20 Å². The smallest absolute Gasteiger partial charge is 0.131 e. The highest BCUT2D eigenvalue weighted by molar-refractivity contribution is 5.25. The zero-order valence-corrected chi connectivity index (χ0v) is 13.1. The summed E-state index contributed by atoms with van der Waals surface area (Å²) < 4.78 is 0. The summed E-state index contributed by atoms with van der Waals surface area (Å²) in [7, 11) is 0. The quantitative estimate of drug-likeness (QED) is 0.859. The molecule has 0 amide bonds. The Morgan fingerprint density at radius 1 is 1.19 bits per heavy atom. The van der Waals surface area contributed by atoms with Gasteiger partial charge in [0.1, 0.15) is 5.82 Å². The summed E-state index contributed by atoms with van der Waals surface area (Å²) in [6.07, 6.45) is 12.8. The third-order valence-corrected chi connectivity index (χ3v) is 5.97. The van der Waals surface area contributed by atoms with Crippen molar-refractivity contribution in [2.45, 2.75) is 70.3 Å². The largest absolute Gasteiger partial charge is 0.310 e. The fraction of sp³-hybridized carbons (Fsp3) is 0.778. The van der Waals surface area contributed by atoms with E-state index in [0.717, 1.165) is 30.6 Å². The van der Waals surface area contributed by atoms with E-state index in [4.69, 9.17) is 9.97 Å². The molecule has 3 aliphatic rings. The molecule has 4 atom stereocenters. The molecule has 2 bridgehead atoms. The third-order valence-electron chi connectivity index (χ3n) is 5.97. The molecular formula is C18H27N3. The molecule has 3 aliphatic carbocycles. The Morgan fingerprint density at radius 3 is 2.90 bits per heavy atom. The molecule has 0 spiro atoms. The number of hydrogen-bond donors (Lipinski definition) is 1. The SMILES string of the molecule is CCNC1CCCCc2nc(C3CC4CCC3C4)ncc21. The van der Waals surface area contributed by atoms with Crippen LogP contribution in [0.4, 0.5) is 0 Å². The summed E-state index contributed by atoms with van der Waals surface area (Å²) in [5.41, 5.74) is 2.72. The molecule has 0 radical (unpaired) electrons. The number of nitrogens with one attached hydrogen (secondary N) is 1. The van der Waals surface area contributed by atoms with Crippen molar-refractivity contribution in [2.75, 3.05) is 6.54 Å². The Morgan fingerprint density at radius 2 is 2.14 bits per heavy atom. The van der Waals surface area contributed by atoms with Gasteiger partial charge in [-0.15, -0.1) is 0 Å². The first-order chi connectivity index (χ1) is 10.3. The molecule has 2 fully saturated rings. The van der Waals surface area contributed by atoms with E-state index in [-0.39, 0.29) is 0 Å². The summed E-state index contributed by atoms with van der Waals surface area (Å²) >= 11 is 0. The Kier molecular flexibility index (Phi) is 3.70. The minimum Gasteiger partial charge on any atom is -0.310 e. The normalized spacial score (nSPS) is 34.7. The van der Waals surface area contributed by atoms with E-state index in [1.54, 1.807) is 0 Å². The van der Waals surface area contributed by atoms with Crippen LogP contribution in [0.25, 0.3) is 0 Å². The summed E-state index contributed by atoms with van der Waals surface area (Å²) in [6, 6.07) is 0.474. The lowest BCUT2D eigenvalue weighted by atomic mass is 9.88. The highest BCUT2D eigenvalue weighted by atomic mass is 14.9. The van der Waals surface area contributed by atoms with Crippen LogP contribution in [0.1, 0.15) is 80.9 Å². The molecular weight excluding hydrogens is 258 g/mol. The van der Waals surface area contributed by atoms with E-state index in [9.17, 15) is 0 Å². The van der Waals surface area contributed by atoms with E-state index >= 15 is 0 Å². The summed E-state index contributed by atoms with van der Waals surface area (Å²) in [5, 5.41) is 3.62. The van der Waals surface area contributed by atoms with Gasteiger partial charge in [-0.1, -0.05) is 19.8 Å². The number of nitrogens with zero attached hydrogens (tertiary/aromatic N) is 2.